The monoisotopic (exact) mass is 386 g/mol. The van der Waals surface area contributed by atoms with Crippen molar-refractivity contribution in [2.24, 2.45) is 0 Å². The molecule has 0 bridgehead atoms. The van der Waals surface area contributed by atoms with E-state index in [4.69, 9.17) is 0 Å². The molecule has 1 heterocycles. The Morgan fingerprint density at radius 2 is 1.86 bits per heavy atom. The predicted octanol–water partition coefficient (Wildman–Crippen LogP) is 0.985. The highest BCUT2D eigenvalue weighted by Crippen LogP contribution is 2.32. The molecular weight excluding hydrogens is 358 g/mol. The van der Waals surface area contributed by atoms with Gasteiger partial charge in [0.1, 0.15) is 5.54 Å². The minimum atomic E-state index is -0.630. The molecule has 1 saturated carbocycles. The van der Waals surface area contributed by atoms with Gasteiger partial charge in [-0.2, -0.15) is 5.26 Å². The summed E-state index contributed by atoms with van der Waals surface area (Å²) in [5.41, 5.74) is 0.435. The normalized spacial score (nSPS) is 19.6. The molecule has 2 aliphatic rings. The maximum atomic E-state index is 12.8. The zero-order chi connectivity index (χ0) is 20.1. The molecule has 3 rings (SSSR count). The van der Waals surface area contributed by atoms with Gasteiger partial charge >= 0.3 is 0 Å². The second kappa shape index (κ2) is 8.57. The van der Waals surface area contributed by atoms with Gasteiger partial charge in [0.25, 0.3) is 11.6 Å². The molecule has 8 nitrogen and oxygen atoms in total. The van der Waals surface area contributed by atoms with Crippen LogP contribution in [0.1, 0.15) is 32.1 Å². The number of non-ortho nitro benzene ring substituents is 1. The lowest BCUT2D eigenvalue weighted by molar-refractivity contribution is -0.892. The third kappa shape index (κ3) is 4.25. The average Bonchev–Trinajstić information content (AvgIpc) is 2.74. The standard InChI is InChI=1S/C20H27N5O3/c1-22(20(16-21)9-3-2-4-10-20)19(26)15-23-11-13-24(14-12-23)17-5-7-18(8-6-17)25(27)28/h5-8H,2-4,9-15H2,1H3/p+1. The van der Waals surface area contributed by atoms with Crippen molar-refractivity contribution in [3.63, 3.8) is 0 Å². The summed E-state index contributed by atoms with van der Waals surface area (Å²) >= 11 is 0. The first-order valence-electron chi connectivity index (χ1n) is 9.96. The number of nitrogens with zero attached hydrogens (tertiary/aromatic N) is 4. The first kappa shape index (κ1) is 20.1. The molecule has 0 unspecified atom stereocenters. The lowest BCUT2D eigenvalue weighted by Crippen LogP contribution is -3.16. The Bertz CT molecular complexity index is 744. The van der Waals surface area contributed by atoms with Crippen LogP contribution in [0.15, 0.2) is 24.3 Å². The molecular formula is C20H28N5O3+. The van der Waals surface area contributed by atoms with E-state index in [0.717, 1.165) is 64.0 Å². The lowest BCUT2D eigenvalue weighted by atomic mass is 9.81. The molecule has 0 atom stereocenters. The lowest BCUT2D eigenvalue weighted by Gasteiger charge is -2.40. The van der Waals surface area contributed by atoms with Gasteiger partial charge in [-0.3, -0.25) is 14.9 Å². The number of anilines is 1. The minimum Gasteiger partial charge on any atom is -0.360 e. The molecule has 1 aliphatic heterocycles. The second-order valence-corrected chi connectivity index (χ2v) is 7.84. The van der Waals surface area contributed by atoms with Crippen LogP contribution in [0.25, 0.3) is 0 Å². The van der Waals surface area contributed by atoms with Crippen LogP contribution in [0.3, 0.4) is 0 Å². The van der Waals surface area contributed by atoms with Gasteiger partial charge in [-0.15, -0.1) is 0 Å². The summed E-state index contributed by atoms with van der Waals surface area (Å²) in [6.07, 6.45) is 4.70. The van der Waals surface area contributed by atoms with E-state index in [2.05, 4.69) is 11.0 Å². The SMILES string of the molecule is CN(C(=O)C[NH+]1CCN(c2ccc([N+](=O)[O-])cc2)CC1)C1(C#N)CCCCC1. The number of quaternary nitrogens is 1. The fourth-order valence-electron chi connectivity index (χ4n) is 4.27. The molecule has 150 valence electrons. The molecule has 0 spiro atoms. The Balaban J connectivity index is 1.53. The van der Waals surface area contributed by atoms with Crippen molar-refractivity contribution in [2.45, 2.75) is 37.6 Å². The van der Waals surface area contributed by atoms with Gasteiger partial charge in [0.15, 0.2) is 6.54 Å². The molecule has 1 aromatic rings. The topological polar surface area (TPSA) is 94.9 Å². The van der Waals surface area contributed by atoms with Crippen molar-refractivity contribution in [3.8, 4) is 6.07 Å². The summed E-state index contributed by atoms with van der Waals surface area (Å²) < 4.78 is 0. The number of nitro benzene ring substituents is 1. The number of carbonyl (C=O) groups excluding carboxylic acids is 1. The molecule has 1 amide bonds. The first-order chi connectivity index (χ1) is 13.4. The van der Waals surface area contributed by atoms with Crippen LogP contribution in [0.5, 0.6) is 0 Å². The Hall–Kier alpha value is -2.66. The number of piperazine rings is 1. The number of nitro groups is 1. The Morgan fingerprint density at radius 1 is 1.25 bits per heavy atom. The van der Waals surface area contributed by atoms with Gasteiger partial charge in [-0.25, -0.2) is 0 Å². The van der Waals surface area contributed by atoms with Crippen LogP contribution in [0.2, 0.25) is 0 Å². The van der Waals surface area contributed by atoms with E-state index in [0.29, 0.717) is 6.54 Å². The molecule has 1 aromatic carbocycles. The summed E-state index contributed by atoms with van der Waals surface area (Å²) in [4.78, 5) is 28.3. The van der Waals surface area contributed by atoms with Gasteiger partial charge in [-0.1, -0.05) is 19.3 Å². The molecule has 2 fully saturated rings. The first-order valence-corrected chi connectivity index (χ1v) is 9.96. The molecule has 1 N–H and O–H groups in total. The maximum Gasteiger partial charge on any atom is 0.278 e. The number of likely N-dealkylation sites (N-methyl/N-ethyl adjacent to an activating group) is 1. The summed E-state index contributed by atoms with van der Waals surface area (Å²) in [5.74, 6) is 0.0437. The van der Waals surface area contributed by atoms with Crippen molar-refractivity contribution < 1.29 is 14.6 Å². The van der Waals surface area contributed by atoms with Crippen molar-refractivity contribution in [2.75, 3.05) is 44.7 Å². The highest BCUT2D eigenvalue weighted by molar-refractivity contribution is 5.78. The fourth-order valence-corrected chi connectivity index (χ4v) is 4.27. The van der Waals surface area contributed by atoms with E-state index in [-0.39, 0.29) is 11.6 Å². The molecule has 1 aliphatic carbocycles. The van der Waals surface area contributed by atoms with Gasteiger partial charge in [0.2, 0.25) is 0 Å². The zero-order valence-electron chi connectivity index (χ0n) is 16.4. The number of benzene rings is 1. The Morgan fingerprint density at radius 3 is 2.39 bits per heavy atom. The number of hydrogen-bond donors (Lipinski definition) is 1. The molecule has 0 aromatic heterocycles. The Labute approximate surface area is 165 Å². The number of nitriles is 1. The molecule has 1 saturated heterocycles. The zero-order valence-corrected chi connectivity index (χ0v) is 16.4. The number of hydrogen-bond acceptors (Lipinski definition) is 5. The average molecular weight is 386 g/mol. The Kier molecular flexibility index (Phi) is 6.15. The fraction of sp³-hybridized carbons (Fsp3) is 0.600. The van der Waals surface area contributed by atoms with Crippen LogP contribution < -0.4 is 9.80 Å². The van der Waals surface area contributed by atoms with Crippen molar-refractivity contribution >= 4 is 17.3 Å². The van der Waals surface area contributed by atoms with E-state index in [1.807, 2.05) is 0 Å². The van der Waals surface area contributed by atoms with Crippen LogP contribution in [-0.4, -0.2) is 61.0 Å². The van der Waals surface area contributed by atoms with Gasteiger partial charge in [-0.05, 0) is 25.0 Å². The second-order valence-electron chi connectivity index (χ2n) is 7.84. The predicted molar refractivity (Wildman–Crippen MR) is 105 cm³/mol. The largest absolute Gasteiger partial charge is 0.360 e. The quantitative estimate of drug-likeness (QED) is 0.601. The highest BCUT2D eigenvalue weighted by atomic mass is 16.6. The maximum absolute atomic E-state index is 12.8. The van der Waals surface area contributed by atoms with Crippen LogP contribution in [0.4, 0.5) is 11.4 Å². The van der Waals surface area contributed by atoms with E-state index in [9.17, 15) is 20.2 Å². The van der Waals surface area contributed by atoms with Gasteiger partial charge in [0.05, 0.1) is 37.2 Å². The van der Waals surface area contributed by atoms with E-state index < -0.39 is 10.5 Å². The van der Waals surface area contributed by atoms with Crippen molar-refractivity contribution in [1.82, 2.24) is 4.90 Å². The summed E-state index contributed by atoms with van der Waals surface area (Å²) in [6.45, 7) is 3.67. The number of carbonyl (C=O) groups is 1. The molecule has 0 radical (unpaired) electrons. The smallest absolute Gasteiger partial charge is 0.278 e. The van der Waals surface area contributed by atoms with Crippen molar-refractivity contribution in [3.05, 3.63) is 34.4 Å². The number of amides is 1. The van der Waals surface area contributed by atoms with Gasteiger partial charge < -0.3 is 14.7 Å². The number of nitrogens with one attached hydrogen (secondary N) is 1. The number of rotatable bonds is 5. The highest BCUT2D eigenvalue weighted by Gasteiger charge is 2.40. The van der Waals surface area contributed by atoms with E-state index in [1.165, 1.54) is 17.0 Å². The summed E-state index contributed by atoms with van der Waals surface area (Å²) in [6, 6.07) is 9.03. The molecule has 8 heteroatoms. The van der Waals surface area contributed by atoms with Crippen LogP contribution >= 0.6 is 0 Å². The summed E-state index contributed by atoms with van der Waals surface area (Å²) in [7, 11) is 1.78. The third-order valence-corrected chi connectivity index (χ3v) is 6.20. The molecule has 28 heavy (non-hydrogen) atoms. The summed E-state index contributed by atoms with van der Waals surface area (Å²) in [5, 5.41) is 20.5. The minimum absolute atomic E-state index is 0.0437. The van der Waals surface area contributed by atoms with E-state index in [1.54, 1.807) is 24.1 Å². The van der Waals surface area contributed by atoms with Gasteiger partial charge in [0, 0.05) is 24.9 Å². The van der Waals surface area contributed by atoms with Crippen LogP contribution in [-0.2, 0) is 4.79 Å². The van der Waals surface area contributed by atoms with E-state index >= 15 is 0 Å². The van der Waals surface area contributed by atoms with Crippen LogP contribution in [0, 0.1) is 21.4 Å². The third-order valence-electron chi connectivity index (χ3n) is 6.20. The van der Waals surface area contributed by atoms with Crippen molar-refractivity contribution in [1.29, 1.82) is 5.26 Å².